The molecule has 0 radical (unpaired) electrons. The number of hydrogen-bond donors (Lipinski definition) is 4. The van der Waals surface area contributed by atoms with Crippen molar-refractivity contribution in [1.82, 2.24) is 0 Å². The van der Waals surface area contributed by atoms with Gasteiger partial charge in [-0.3, -0.25) is 0 Å². The van der Waals surface area contributed by atoms with Crippen molar-refractivity contribution in [3.05, 3.63) is 72.8 Å². The fourth-order valence-corrected chi connectivity index (χ4v) is 2.49. The van der Waals surface area contributed by atoms with Crippen LogP contribution in [0.15, 0.2) is 72.8 Å². The number of phenolic OH excluding ortho intramolecular Hbond substituents is 4. The summed E-state index contributed by atoms with van der Waals surface area (Å²) in [5.41, 5.74) is 0. The van der Waals surface area contributed by atoms with E-state index in [4.69, 9.17) is 10.2 Å². The molecule has 24 heavy (non-hydrogen) atoms. The first kappa shape index (κ1) is 15.5. The normalized spacial score (nSPS) is 10.3. The summed E-state index contributed by atoms with van der Waals surface area (Å²) < 4.78 is 0. The smallest absolute Gasteiger partial charge is 0.123 e. The number of rotatable bonds is 0. The highest BCUT2D eigenvalue weighted by molar-refractivity contribution is 5.92. The van der Waals surface area contributed by atoms with Crippen molar-refractivity contribution in [3.63, 3.8) is 0 Å². The van der Waals surface area contributed by atoms with Crippen LogP contribution in [0.25, 0.3) is 21.5 Å². The Bertz CT molecular complexity index is 927. The Hall–Kier alpha value is -3.40. The van der Waals surface area contributed by atoms with Gasteiger partial charge in [-0.2, -0.15) is 0 Å². The van der Waals surface area contributed by atoms with Crippen molar-refractivity contribution in [3.8, 4) is 23.0 Å². The first-order chi connectivity index (χ1) is 11.5. The predicted octanol–water partition coefficient (Wildman–Crippen LogP) is 4.50. The number of phenols is 4. The van der Waals surface area contributed by atoms with Gasteiger partial charge in [0.05, 0.1) is 0 Å². The molecule has 4 rings (SSSR count). The summed E-state index contributed by atoms with van der Waals surface area (Å²) in [6.07, 6.45) is 0. The van der Waals surface area contributed by atoms with Crippen molar-refractivity contribution in [2.75, 3.05) is 0 Å². The van der Waals surface area contributed by atoms with Gasteiger partial charge in [0, 0.05) is 10.8 Å². The van der Waals surface area contributed by atoms with E-state index in [1.165, 1.54) is 12.1 Å². The average molecular weight is 320 g/mol. The van der Waals surface area contributed by atoms with Crippen molar-refractivity contribution in [1.29, 1.82) is 0 Å². The Morgan fingerprint density at radius 3 is 1.29 bits per heavy atom. The van der Waals surface area contributed by atoms with E-state index >= 15 is 0 Å². The largest absolute Gasteiger partial charge is 0.508 e. The second kappa shape index (κ2) is 6.38. The van der Waals surface area contributed by atoms with Gasteiger partial charge in [0.25, 0.3) is 0 Å². The van der Waals surface area contributed by atoms with Crippen LogP contribution in [-0.2, 0) is 0 Å². The zero-order chi connectivity index (χ0) is 17.1. The van der Waals surface area contributed by atoms with Crippen molar-refractivity contribution in [2.24, 2.45) is 0 Å². The SMILES string of the molecule is Oc1ccc(O)c2ccccc12.Oc1ccc2cc(O)ccc2c1. The first-order valence-electron chi connectivity index (χ1n) is 7.36. The van der Waals surface area contributed by atoms with E-state index < -0.39 is 0 Å². The van der Waals surface area contributed by atoms with Crippen LogP contribution in [0.5, 0.6) is 23.0 Å². The minimum absolute atomic E-state index is 0.198. The molecule has 120 valence electrons. The van der Waals surface area contributed by atoms with Crippen molar-refractivity contribution < 1.29 is 20.4 Å². The van der Waals surface area contributed by atoms with Crippen LogP contribution in [0.3, 0.4) is 0 Å². The summed E-state index contributed by atoms with van der Waals surface area (Å²) >= 11 is 0. The second-order valence-corrected chi connectivity index (χ2v) is 5.37. The molecular formula is C20H16O4. The van der Waals surface area contributed by atoms with Crippen LogP contribution in [-0.4, -0.2) is 20.4 Å². The highest BCUT2D eigenvalue weighted by Gasteiger charge is 2.01. The topological polar surface area (TPSA) is 80.9 Å². The Labute approximate surface area is 138 Å². The van der Waals surface area contributed by atoms with E-state index in [1.54, 1.807) is 48.5 Å². The van der Waals surface area contributed by atoms with Gasteiger partial charge in [-0.25, -0.2) is 0 Å². The van der Waals surface area contributed by atoms with E-state index in [-0.39, 0.29) is 23.0 Å². The number of aromatic hydroxyl groups is 4. The monoisotopic (exact) mass is 320 g/mol. The van der Waals surface area contributed by atoms with E-state index in [1.807, 2.05) is 12.1 Å². The zero-order valence-electron chi connectivity index (χ0n) is 12.7. The number of hydrogen-bond acceptors (Lipinski definition) is 4. The third-order valence-electron chi connectivity index (χ3n) is 3.69. The van der Waals surface area contributed by atoms with E-state index in [0.29, 0.717) is 10.8 Å². The first-order valence-corrected chi connectivity index (χ1v) is 7.36. The lowest BCUT2D eigenvalue weighted by molar-refractivity contribution is 0.469. The van der Waals surface area contributed by atoms with Gasteiger partial charge >= 0.3 is 0 Å². The molecule has 4 nitrogen and oxygen atoms in total. The molecule has 0 spiro atoms. The van der Waals surface area contributed by atoms with E-state index in [0.717, 1.165) is 10.8 Å². The molecule has 4 aromatic carbocycles. The van der Waals surface area contributed by atoms with Crippen LogP contribution < -0.4 is 0 Å². The molecular weight excluding hydrogens is 304 g/mol. The predicted molar refractivity (Wildman–Crippen MR) is 94.6 cm³/mol. The molecule has 0 fully saturated rings. The molecule has 0 heterocycles. The highest BCUT2D eigenvalue weighted by Crippen LogP contribution is 2.30. The maximum atomic E-state index is 9.38. The van der Waals surface area contributed by atoms with Gasteiger partial charge < -0.3 is 20.4 Å². The molecule has 0 saturated heterocycles. The second-order valence-electron chi connectivity index (χ2n) is 5.37. The maximum Gasteiger partial charge on any atom is 0.123 e. The molecule has 4 aromatic rings. The Morgan fingerprint density at radius 1 is 0.458 bits per heavy atom. The molecule has 4 heteroatoms. The molecule has 0 atom stereocenters. The summed E-state index contributed by atoms with van der Waals surface area (Å²) in [6, 6.07) is 20.2. The lowest BCUT2D eigenvalue weighted by Gasteiger charge is -2.01. The van der Waals surface area contributed by atoms with E-state index in [9.17, 15) is 10.2 Å². The standard InChI is InChI=1S/2C10H8O2/c11-9-3-1-7-5-10(12)4-2-8(7)6-9;11-9-5-6-10(12)8-4-2-1-3-7(8)9/h2*1-6,11-12H. The number of benzene rings is 4. The maximum absolute atomic E-state index is 9.38. The zero-order valence-corrected chi connectivity index (χ0v) is 12.7. The van der Waals surface area contributed by atoms with Crippen LogP contribution in [0.4, 0.5) is 0 Å². The van der Waals surface area contributed by atoms with Gasteiger partial charge in [-0.1, -0.05) is 36.4 Å². The van der Waals surface area contributed by atoms with Crippen molar-refractivity contribution >= 4 is 21.5 Å². The Kier molecular flexibility index (Phi) is 4.12. The molecule has 0 aliphatic carbocycles. The average Bonchev–Trinajstić information content (AvgIpc) is 2.59. The molecule has 0 amide bonds. The molecule has 0 aliphatic rings. The highest BCUT2D eigenvalue weighted by atomic mass is 16.3. The lowest BCUT2D eigenvalue weighted by atomic mass is 10.1. The lowest BCUT2D eigenvalue weighted by Crippen LogP contribution is -1.73. The van der Waals surface area contributed by atoms with Gasteiger partial charge in [-0.05, 0) is 47.2 Å². The van der Waals surface area contributed by atoms with E-state index in [2.05, 4.69) is 0 Å². The molecule has 0 saturated carbocycles. The summed E-state index contributed by atoms with van der Waals surface area (Å²) in [4.78, 5) is 0. The Balaban J connectivity index is 0.000000141. The minimum atomic E-state index is 0.198. The van der Waals surface area contributed by atoms with Crippen LogP contribution in [0.1, 0.15) is 0 Å². The van der Waals surface area contributed by atoms with Gasteiger partial charge in [0.2, 0.25) is 0 Å². The fraction of sp³-hybridized carbons (Fsp3) is 0. The number of fused-ring (bicyclic) bond motifs is 2. The van der Waals surface area contributed by atoms with Gasteiger partial charge in [-0.15, -0.1) is 0 Å². The van der Waals surface area contributed by atoms with Gasteiger partial charge in [0.1, 0.15) is 23.0 Å². The minimum Gasteiger partial charge on any atom is -0.508 e. The molecule has 0 aliphatic heterocycles. The Morgan fingerprint density at radius 2 is 0.875 bits per heavy atom. The summed E-state index contributed by atoms with van der Waals surface area (Å²) in [5.74, 6) is 0.883. The summed E-state index contributed by atoms with van der Waals surface area (Å²) in [7, 11) is 0. The molecule has 0 aromatic heterocycles. The molecule has 0 unspecified atom stereocenters. The molecule has 4 N–H and O–H groups in total. The summed E-state index contributed by atoms with van der Waals surface area (Å²) in [5, 5.41) is 40.2. The van der Waals surface area contributed by atoms with Crippen LogP contribution in [0.2, 0.25) is 0 Å². The quantitative estimate of drug-likeness (QED) is 0.360. The summed E-state index contributed by atoms with van der Waals surface area (Å²) in [6.45, 7) is 0. The third kappa shape index (κ3) is 3.17. The molecule has 0 bridgehead atoms. The fourth-order valence-electron chi connectivity index (χ4n) is 2.49. The van der Waals surface area contributed by atoms with Gasteiger partial charge in [0.15, 0.2) is 0 Å². The third-order valence-corrected chi connectivity index (χ3v) is 3.69. The van der Waals surface area contributed by atoms with Crippen LogP contribution in [0, 0.1) is 0 Å². The van der Waals surface area contributed by atoms with Crippen LogP contribution >= 0.6 is 0 Å². The van der Waals surface area contributed by atoms with Crippen molar-refractivity contribution in [2.45, 2.75) is 0 Å².